The summed E-state index contributed by atoms with van der Waals surface area (Å²) in [4.78, 5) is 27.4. The molecule has 4 heteroatoms. The first kappa shape index (κ1) is 19.3. The first-order valence-electron chi connectivity index (χ1n) is 9.62. The number of benzene rings is 1. The van der Waals surface area contributed by atoms with Gasteiger partial charge in [-0.05, 0) is 11.5 Å². The second kappa shape index (κ2) is 8.05. The highest BCUT2D eigenvalue weighted by molar-refractivity contribution is 6.07. The lowest BCUT2D eigenvalue weighted by Crippen LogP contribution is -2.37. The maximum atomic E-state index is 13.1. The molecule has 2 amide bonds. The van der Waals surface area contributed by atoms with Gasteiger partial charge in [-0.3, -0.25) is 14.5 Å². The summed E-state index contributed by atoms with van der Waals surface area (Å²) in [6.45, 7) is 8.77. The number of nitrogens with zero attached hydrogens (tertiary/aromatic N) is 1. The summed E-state index contributed by atoms with van der Waals surface area (Å²) in [6, 6.07) is 10.0. The molecule has 1 saturated heterocycles. The molecule has 4 nitrogen and oxygen atoms in total. The third-order valence-electron chi connectivity index (χ3n) is 5.46. The molecule has 1 aliphatic heterocycles. The predicted molar refractivity (Wildman–Crippen MR) is 108 cm³/mol. The van der Waals surface area contributed by atoms with Crippen LogP contribution in [0.4, 0.5) is 0 Å². The minimum absolute atomic E-state index is 0.0974. The Balaban J connectivity index is 2.03. The SMILES string of the molecule is C=C[C@H]1/C(=C\C(C)C)[C@@H](C=Cc2ccccc2)[C@@H]2C(=O)N(CCN)C(=O)[C@@H]21. The van der Waals surface area contributed by atoms with Gasteiger partial charge < -0.3 is 5.73 Å². The number of fused-ring (bicyclic) bond motifs is 1. The number of amides is 2. The maximum absolute atomic E-state index is 13.1. The highest BCUT2D eigenvalue weighted by Gasteiger charge is 2.58. The lowest BCUT2D eigenvalue weighted by molar-refractivity contribution is -0.140. The van der Waals surface area contributed by atoms with Crippen LogP contribution in [0.3, 0.4) is 0 Å². The van der Waals surface area contributed by atoms with E-state index in [1.165, 1.54) is 4.90 Å². The van der Waals surface area contributed by atoms with Crippen molar-refractivity contribution in [3.8, 4) is 0 Å². The van der Waals surface area contributed by atoms with Crippen LogP contribution in [0, 0.1) is 29.6 Å². The number of hydrogen-bond donors (Lipinski definition) is 1. The second-order valence-corrected chi connectivity index (χ2v) is 7.64. The largest absolute Gasteiger partial charge is 0.329 e. The molecular weight excluding hydrogens is 336 g/mol. The molecule has 2 fully saturated rings. The third kappa shape index (κ3) is 3.54. The van der Waals surface area contributed by atoms with Crippen LogP contribution in [-0.4, -0.2) is 29.8 Å². The molecule has 0 spiro atoms. The Hall–Kier alpha value is -2.46. The normalized spacial score (nSPS) is 29.3. The van der Waals surface area contributed by atoms with Crippen molar-refractivity contribution < 1.29 is 9.59 Å². The number of hydrogen-bond acceptors (Lipinski definition) is 3. The molecule has 0 bridgehead atoms. The quantitative estimate of drug-likeness (QED) is 0.622. The molecule has 2 N–H and O–H groups in total. The van der Waals surface area contributed by atoms with Crippen molar-refractivity contribution in [2.75, 3.05) is 13.1 Å². The van der Waals surface area contributed by atoms with Gasteiger partial charge in [-0.2, -0.15) is 0 Å². The number of carbonyl (C=O) groups is 2. The molecule has 2 aliphatic rings. The monoisotopic (exact) mass is 364 g/mol. The number of allylic oxidation sites excluding steroid dienone is 4. The van der Waals surface area contributed by atoms with Crippen LogP contribution in [0.15, 0.2) is 60.7 Å². The smallest absolute Gasteiger partial charge is 0.234 e. The molecule has 0 aromatic heterocycles. The van der Waals surface area contributed by atoms with Gasteiger partial charge in [0.1, 0.15) is 0 Å². The van der Waals surface area contributed by atoms with Crippen molar-refractivity contribution in [3.05, 3.63) is 66.3 Å². The Kier molecular flexibility index (Phi) is 5.76. The molecule has 1 aromatic rings. The Labute approximate surface area is 161 Å². The number of carbonyl (C=O) groups excluding carboxylic acids is 2. The number of imide groups is 1. The summed E-state index contributed by atoms with van der Waals surface area (Å²) in [5, 5.41) is 0. The minimum atomic E-state index is -0.364. The van der Waals surface area contributed by atoms with Crippen molar-refractivity contribution in [1.29, 1.82) is 0 Å². The van der Waals surface area contributed by atoms with Crippen LogP contribution < -0.4 is 5.73 Å². The van der Waals surface area contributed by atoms with Gasteiger partial charge in [0.15, 0.2) is 0 Å². The first-order chi connectivity index (χ1) is 13.0. The zero-order valence-corrected chi connectivity index (χ0v) is 16.0. The average molecular weight is 364 g/mol. The summed E-state index contributed by atoms with van der Waals surface area (Å²) in [5.41, 5.74) is 7.84. The number of likely N-dealkylation sites (tertiary alicyclic amines) is 1. The van der Waals surface area contributed by atoms with E-state index in [4.69, 9.17) is 5.73 Å². The van der Waals surface area contributed by atoms with Crippen LogP contribution in [0.25, 0.3) is 6.08 Å². The molecule has 3 rings (SSSR count). The average Bonchev–Trinajstić information content (AvgIpc) is 3.08. The van der Waals surface area contributed by atoms with Gasteiger partial charge in [0.25, 0.3) is 0 Å². The van der Waals surface area contributed by atoms with Crippen molar-refractivity contribution in [3.63, 3.8) is 0 Å². The van der Waals surface area contributed by atoms with Crippen molar-refractivity contribution in [1.82, 2.24) is 4.90 Å². The molecule has 27 heavy (non-hydrogen) atoms. The van der Waals surface area contributed by atoms with Gasteiger partial charge in [0.05, 0.1) is 11.8 Å². The fraction of sp³-hybridized carbons (Fsp3) is 0.391. The fourth-order valence-electron chi connectivity index (χ4n) is 4.42. The van der Waals surface area contributed by atoms with E-state index in [9.17, 15) is 9.59 Å². The van der Waals surface area contributed by atoms with E-state index in [1.54, 1.807) is 0 Å². The lowest BCUT2D eigenvalue weighted by Gasteiger charge is -2.21. The zero-order valence-electron chi connectivity index (χ0n) is 16.0. The molecule has 0 radical (unpaired) electrons. The molecule has 1 saturated carbocycles. The summed E-state index contributed by atoms with van der Waals surface area (Å²) in [5.74, 6) is -0.808. The predicted octanol–water partition coefficient (Wildman–Crippen LogP) is 3.27. The highest BCUT2D eigenvalue weighted by Crippen LogP contribution is 2.52. The van der Waals surface area contributed by atoms with E-state index >= 15 is 0 Å². The van der Waals surface area contributed by atoms with Gasteiger partial charge in [-0.25, -0.2) is 0 Å². The van der Waals surface area contributed by atoms with E-state index in [0.717, 1.165) is 11.1 Å². The van der Waals surface area contributed by atoms with E-state index in [-0.39, 0.29) is 48.6 Å². The standard InChI is InChI=1S/C23H28N2O2/c1-4-17-19(14-15(2)3)18(11-10-16-8-6-5-7-9-16)21-20(17)22(26)25(13-12-24)23(21)27/h4-11,14-15,17-18,20-21H,1,12-13,24H2,2-3H3/b11-10?,19-14+/t17-,18+,20+,21-/m0/s1. The highest BCUT2D eigenvalue weighted by atomic mass is 16.2. The van der Waals surface area contributed by atoms with Crippen LogP contribution >= 0.6 is 0 Å². The van der Waals surface area contributed by atoms with Crippen molar-refractivity contribution >= 4 is 17.9 Å². The Bertz CT molecular complexity index is 779. The molecule has 1 heterocycles. The maximum Gasteiger partial charge on any atom is 0.234 e. The number of nitrogens with two attached hydrogens (primary N) is 1. The van der Waals surface area contributed by atoms with E-state index in [2.05, 4.69) is 32.6 Å². The molecule has 0 unspecified atom stereocenters. The van der Waals surface area contributed by atoms with Gasteiger partial charge in [0.2, 0.25) is 11.8 Å². The Morgan fingerprint density at radius 3 is 2.30 bits per heavy atom. The van der Waals surface area contributed by atoms with Gasteiger partial charge >= 0.3 is 0 Å². The Morgan fingerprint density at radius 1 is 1.11 bits per heavy atom. The van der Waals surface area contributed by atoms with Crippen LogP contribution in [-0.2, 0) is 9.59 Å². The van der Waals surface area contributed by atoms with Crippen LogP contribution in [0.1, 0.15) is 19.4 Å². The van der Waals surface area contributed by atoms with E-state index in [1.807, 2.05) is 42.5 Å². The second-order valence-electron chi connectivity index (χ2n) is 7.64. The zero-order chi connectivity index (χ0) is 19.6. The molecule has 1 aromatic carbocycles. The summed E-state index contributed by atoms with van der Waals surface area (Å²) in [6.07, 6.45) is 8.16. The van der Waals surface area contributed by atoms with Crippen LogP contribution in [0.2, 0.25) is 0 Å². The summed E-state index contributed by atoms with van der Waals surface area (Å²) in [7, 11) is 0. The topological polar surface area (TPSA) is 63.4 Å². The van der Waals surface area contributed by atoms with E-state index in [0.29, 0.717) is 5.92 Å². The van der Waals surface area contributed by atoms with Crippen molar-refractivity contribution in [2.24, 2.45) is 35.3 Å². The molecule has 142 valence electrons. The third-order valence-corrected chi connectivity index (χ3v) is 5.46. The fourth-order valence-corrected chi connectivity index (χ4v) is 4.42. The molecule has 1 aliphatic carbocycles. The van der Waals surface area contributed by atoms with Crippen LogP contribution in [0.5, 0.6) is 0 Å². The Morgan fingerprint density at radius 2 is 1.74 bits per heavy atom. The first-order valence-corrected chi connectivity index (χ1v) is 9.62. The van der Waals surface area contributed by atoms with Crippen molar-refractivity contribution in [2.45, 2.75) is 13.8 Å². The summed E-state index contributed by atoms with van der Waals surface area (Å²) >= 11 is 0. The lowest BCUT2D eigenvalue weighted by atomic mass is 9.88. The number of rotatable bonds is 6. The minimum Gasteiger partial charge on any atom is -0.329 e. The van der Waals surface area contributed by atoms with E-state index < -0.39 is 0 Å². The van der Waals surface area contributed by atoms with Gasteiger partial charge in [-0.1, -0.05) is 74.1 Å². The molecular formula is C23H28N2O2. The van der Waals surface area contributed by atoms with Gasteiger partial charge in [0, 0.05) is 24.9 Å². The van der Waals surface area contributed by atoms with Gasteiger partial charge in [-0.15, -0.1) is 6.58 Å². The summed E-state index contributed by atoms with van der Waals surface area (Å²) < 4.78 is 0. The molecule has 4 atom stereocenters.